The molecular formula is C20H29N3O3S. The molecule has 2 fully saturated rings. The molecule has 1 aliphatic heterocycles. The van der Waals surface area contributed by atoms with Crippen molar-refractivity contribution in [2.45, 2.75) is 57.8 Å². The summed E-state index contributed by atoms with van der Waals surface area (Å²) in [6.45, 7) is 7.71. The zero-order valence-electron chi connectivity index (χ0n) is 16.4. The molecule has 3 rings (SSSR count). The predicted molar refractivity (Wildman–Crippen MR) is 106 cm³/mol. The van der Waals surface area contributed by atoms with E-state index in [1.807, 2.05) is 0 Å². The van der Waals surface area contributed by atoms with Crippen molar-refractivity contribution in [2.75, 3.05) is 13.1 Å². The number of hydrogen-bond donors (Lipinski definition) is 1. The van der Waals surface area contributed by atoms with Gasteiger partial charge in [-0.3, -0.25) is 4.79 Å². The highest BCUT2D eigenvalue weighted by molar-refractivity contribution is 7.89. The van der Waals surface area contributed by atoms with Crippen molar-refractivity contribution in [1.82, 2.24) is 9.73 Å². The Morgan fingerprint density at radius 2 is 1.96 bits per heavy atom. The smallest absolute Gasteiger partial charge is 0.267 e. The molecule has 1 saturated carbocycles. The minimum absolute atomic E-state index is 0.164. The Morgan fingerprint density at radius 3 is 2.63 bits per heavy atom. The summed E-state index contributed by atoms with van der Waals surface area (Å²) in [5.41, 5.74) is 4.10. The van der Waals surface area contributed by atoms with Crippen LogP contribution in [0.1, 0.15) is 63.2 Å². The summed E-state index contributed by atoms with van der Waals surface area (Å²) in [5.74, 6) is 0.162. The Labute approximate surface area is 162 Å². The van der Waals surface area contributed by atoms with Gasteiger partial charge in [-0.2, -0.15) is 9.41 Å². The van der Waals surface area contributed by atoms with Gasteiger partial charge in [-0.05, 0) is 61.6 Å². The molecule has 1 unspecified atom stereocenters. The maximum atomic E-state index is 12.7. The van der Waals surface area contributed by atoms with Crippen LogP contribution in [0.5, 0.6) is 0 Å². The molecule has 2 aliphatic rings. The second kappa shape index (κ2) is 7.72. The normalized spacial score (nSPS) is 24.9. The van der Waals surface area contributed by atoms with E-state index in [0.717, 1.165) is 37.8 Å². The summed E-state index contributed by atoms with van der Waals surface area (Å²) in [4.78, 5) is 12.7. The highest BCUT2D eigenvalue weighted by atomic mass is 32.2. The lowest BCUT2D eigenvalue weighted by atomic mass is 9.72. The largest absolute Gasteiger partial charge is 0.271 e. The SMILES string of the molecule is CC1CC(=NNC(=O)c2cccc(S(=O)(=O)N3CCCC3)c2)CC(C)(C)C1. The zero-order valence-corrected chi connectivity index (χ0v) is 17.2. The fourth-order valence-corrected chi connectivity index (χ4v) is 5.83. The van der Waals surface area contributed by atoms with Gasteiger partial charge in [0.15, 0.2) is 0 Å². The van der Waals surface area contributed by atoms with E-state index in [-0.39, 0.29) is 16.2 Å². The molecule has 1 aliphatic carbocycles. The van der Waals surface area contributed by atoms with Crippen LogP contribution in [0.3, 0.4) is 0 Å². The van der Waals surface area contributed by atoms with E-state index >= 15 is 0 Å². The van der Waals surface area contributed by atoms with Gasteiger partial charge in [0.25, 0.3) is 5.91 Å². The maximum absolute atomic E-state index is 12.7. The molecule has 0 bridgehead atoms. The highest BCUT2D eigenvalue weighted by Gasteiger charge is 2.30. The first-order chi connectivity index (χ1) is 12.7. The van der Waals surface area contributed by atoms with E-state index in [4.69, 9.17) is 0 Å². The minimum atomic E-state index is -3.54. The monoisotopic (exact) mass is 391 g/mol. The summed E-state index contributed by atoms with van der Waals surface area (Å²) in [7, 11) is -3.54. The molecular weight excluding hydrogens is 362 g/mol. The summed E-state index contributed by atoms with van der Waals surface area (Å²) < 4.78 is 26.9. The molecule has 0 aromatic heterocycles. The summed E-state index contributed by atoms with van der Waals surface area (Å²) in [6.07, 6.45) is 4.65. The molecule has 1 aromatic carbocycles. The maximum Gasteiger partial charge on any atom is 0.271 e. The van der Waals surface area contributed by atoms with Crippen molar-refractivity contribution in [3.8, 4) is 0 Å². The molecule has 1 aromatic rings. The third-order valence-electron chi connectivity index (χ3n) is 5.28. The molecule has 6 nitrogen and oxygen atoms in total. The molecule has 1 N–H and O–H groups in total. The van der Waals surface area contributed by atoms with E-state index in [9.17, 15) is 13.2 Å². The van der Waals surface area contributed by atoms with Crippen molar-refractivity contribution in [2.24, 2.45) is 16.4 Å². The molecule has 27 heavy (non-hydrogen) atoms. The molecule has 0 radical (unpaired) electrons. The first kappa shape index (κ1) is 20.0. The second-order valence-corrected chi connectivity index (χ2v) is 10.6. The molecule has 1 atom stereocenters. The summed E-state index contributed by atoms with van der Waals surface area (Å²) >= 11 is 0. The van der Waals surface area contributed by atoms with Gasteiger partial charge in [-0.1, -0.05) is 26.8 Å². The average molecular weight is 392 g/mol. The van der Waals surface area contributed by atoms with Crippen LogP contribution in [-0.2, 0) is 10.0 Å². The molecule has 1 saturated heterocycles. The Bertz CT molecular complexity index is 840. The topological polar surface area (TPSA) is 78.8 Å². The number of nitrogens with one attached hydrogen (secondary N) is 1. The number of rotatable bonds is 4. The number of nitrogens with zero attached hydrogens (tertiary/aromatic N) is 2. The fraction of sp³-hybridized carbons (Fsp3) is 0.600. The lowest BCUT2D eigenvalue weighted by Crippen LogP contribution is -2.30. The summed E-state index contributed by atoms with van der Waals surface area (Å²) in [6, 6.07) is 6.21. The van der Waals surface area contributed by atoms with Crippen molar-refractivity contribution in [3.63, 3.8) is 0 Å². The first-order valence-corrected chi connectivity index (χ1v) is 11.1. The molecule has 148 valence electrons. The molecule has 7 heteroatoms. The van der Waals surface area contributed by atoms with Gasteiger partial charge in [-0.15, -0.1) is 0 Å². The van der Waals surface area contributed by atoms with Crippen molar-refractivity contribution in [1.29, 1.82) is 0 Å². The molecule has 0 spiro atoms. The Hall–Kier alpha value is -1.73. The van der Waals surface area contributed by atoms with Crippen molar-refractivity contribution < 1.29 is 13.2 Å². The quantitative estimate of drug-likeness (QED) is 0.799. The standard InChI is InChI=1S/C20H29N3O3S/c1-15-11-17(14-20(2,3)13-15)21-22-19(24)16-7-6-8-18(12-16)27(25,26)23-9-4-5-10-23/h6-8,12,15H,4-5,9-11,13-14H2,1-3H3,(H,22,24). The van der Waals surface area contributed by atoms with Crippen LogP contribution in [0.2, 0.25) is 0 Å². The van der Waals surface area contributed by atoms with E-state index < -0.39 is 10.0 Å². The number of carbonyl (C=O) groups excluding carboxylic acids is 1. The third-order valence-corrected chi connectivity index (χ3v) is 7.18. The third kappa shape index (κ3) is 4.76. The Morgan fingerprint density at radius 1 is 1.26 bits per heavy atom. The van der Waals surface area contributed by atoms with Crippen LogP contribution in [0.25, 0.3) is 0 Å². The van der Waals surface area contributed by atoms with Crippen LogP contribution in [0.4, 0.5) is 0 Å². The number of amides is 1. The second-order valence-electron chi connectivity index (χ2n) is 8.61. The van der Waals surface area contributed by atoms with Crippen LogP contribution < -0.4 is 5.43 Å². The average Bonchev–Trinajstić information content (AvgIpc) is 3.13. The van der Waals surface area contributed by atoms with Gasteiger partial charge in [-0.25, -0.2) is 13.8 Å². The number of sulfonamides is 1. The van der Waals surface area contributed by atoms with E-state index in [0.29, 0.717) is 24.6 Å². The number of carbonyl (C=O) groups is 1. The van der Waals surface area contributed by atoms with Crippen molar-refractivity contribution >= 4 is 21.6 Å². The minimum Gasteiger partial charge on any atom is -0.267 e. The number of hydrazone groups is 1. The predicted octanol–water partition coefficient (Wildman–Crippen LogP) is 3.40. The van der Waals surface area contributed by atoms with Gasteiger partial charge in [0.05, 0.1) is 4.90 Å². The van der Waals surface area contributed by atoms with Gasteiger partial charge < -0.3 is 0 Å². The molecule has 1 heterocycles. The first-order valence-electron chi connectivity index (χ1n) is 9.63. The lowest BCUT2D eigenvalue weighted by Gasteiger charge is -2.34. The van der Waals surface area contributed by atoms with E-state index in [1.54, 1.807) is 18.2 Å². The van der Waals surface area contributed by atoms with Gasteiger partial charge in [0, 0.05) is 24.4 Å². The van der Waals surface area contributed by atoms with Gasteiger partial charge >= 0.3 is 0 Å². The van der Waals surface area contributed by atoms with E-state index in [1.165, 1.54) is 10.4 Å². The number of benzene rings is 1. The summed E-state index contributed by atoms with van der Waals surface area (Å²) in [5, 5.41) is 4.33. The Kier molecular flexibility index (Phi) is 5.72. The zero-order chi connectivity index (χ0) is 19.7. The van der Waals surface area contributed by atoms with Crippen LogP contribution in [0.15, 0.2) is 34.3 Å². The van der Waals surface area contributed by atoms with Crippen LogP contribution in [-0.4, -0.2) is 37.4 Å². The highest BCUT2D eigenvalue weighted by Crippen LogP contribution is 2.36. The Balaban J connectivity index is 1.73. The molecule has 1 amide bonds. The van der Waals surface area contributed by atoms with Crippen LogP contribution in [0, 0.1) is 11.3 Å². The number of hydrogen-bond acceptors (Lipinski definition) is 4. The van der Waals surface area contributed by atoms with E-state index in [2.05, 4.69) is 31.3 Å². The van der Waals surface area contributed by atoms with Crippen molar-refractivity contribution in [3.05, 3.63) is 29.8 Å². The van der Waals surface area contributed by atoms with Gasteiger partial charge in [0.1, 0.15) is 0 Å². The van der Waals surface area contributed by atoms with Gasteiger partial charge in [0.2, 0.25) is 10.0 Å². The lowest BCUT2D eigenvalue weighted by molar-refractivity contribution is 0.0953. The van der Waals surface area contributed by atoms with Crippen LogP contribution >= 0.6 is 0 Å². The fourth-order valence-electron chi connectivity index (χ4n) is 4.27.